The van der Waals surface area contributed by atoms with Crippen LogP contribution in [0, 0.1) is 0 Å². The second-order valence-electron chi connectivity index (χ2n) is 3.77. The maximum Gasteiger partial charge on any atom is 0.123 e. The molecular formula is C12H14Br2O3. The molecule has 1 saturated heterocycles. The molecule has 1 fully saturated rings. The fourth-order valence-corrected chi connectivity index (χ4v) is 2.84. The van der Waals surface area contributed by atoms with Crippen LogP contribution in [0.1, 0.15) is 10.4 Å². The standard InChI is InChI=1S/C12H14Br2O3/c1-15-10-3-2-8(13)6-9(10)12(14)11-7-16-4-5-17-11/h2-3,6,11-12H,4-5,7H2,1H3. The van der Waals surface area contributed by atoms with Crippen molar-refractivity contribution in [2.24, 2.45) is 0 Å². The molecule has 0 amide bonds. The number of methoxy groups -OCH3 is 1. The first-order valence-electron chi connectivity index (χ1n) is 5.39. The molecule has 5 heteroatoms. The monoisotopic (exact) mass is 364 g/mol. The SMILES string of the molecule is COc1ccc(Br)cc1C(Br)C1COCCO1. The van der Waals surface area contributed by atoms with Crippen molar-refractivity contribution >= 4 is 31.9 Å². The summed E-state index contributed by atoms with van der Waals surface area (Å²) in [6, 6.07) is 5.94. The van der Waals surface area contributed by atoms with Gasteiger partial charge in [0.2, 0.25) is 0 Å². The topological polar surface area (TPSA) is 27.7 Å². The molecule has 2 atom stereocenters. The molecule has 94 valence electrons. The predicted molar refractivity (Wildman–Crippen MR) is 72.9 cm³/mol. The van der Waals surface area contributed by atoms with Crippen LogP contribution in [0.15, 0.2) is 22.7 Å². The highest BCUT2D eigenvalue weighted by molar-refractivity contribution is 9.10. The minimum atomic E-state index is 0.0203. The molecule has 1 aliphatic heterocycles. The number of halogens is 2. The molecule has 1 heterocycles. The van der Waals surface area contributed by atoms with Crippen LogP contribution in [0.3, 0.4) is 0 Å². The van der Waals surface area contributed by atoms with Crippen molar-refractivity contribution in [3.05, 3.63) is 28.2 Å². The summed E-state index contributed by atoms with van der Waals surface area (Å²) in [5.41, 5.74) is 1.07. The zero-order chi connectivity index (χ0) is 12.3. The largest absolute Gasteiger partial charge is 0.496 e. The Morgan fingerprint density at radius 2 is 2.24 bits per heavy atom. The van der Waals surface area contributed by atoms with Gasteiger partial charge in [0.1, 0.15) is 5.75 Å². The van der Waals surface area contributed by atoms with Crippen molar-refractivity contribution in [3.8, 4) is 5.75 Å². The Kier molecular flexibility index (Phi) is 4.85. The van der Waals surface area contributed by atoms with Gasteiger partial charge in [-0.2, -0.15) is 0 Å². The van der Waals surface area contributed by atoms with Crippen LogP contribution >= 0.6 is 31.9 Å². The van der Waals surface area contributed by atoms with Gasteiger partial charge in [0.05, 0.1) is 37.9 Å². The number of hydrogen-bond acceptors (Lipinski definition) is 3. The van der Waals surface area contributed by atoms with Crippen molar-refractivity contribution in [1.29, 1.82) is 0 Å². The molecule has 2 unspecified atom stereocenters. The van der Waals surface area contributed by atoms with Gasteiger partial charge in [-0.1, -0.05) is 31.9 Å². The van der Waals surface area contributed by atoms with Crippen molar-refractivity contribution in [2.45, 2.75) is 10.9 Å². The van der Waals surface area contributed by atoms with Crippen LogP contribution < -0.4 is 4.74 Å². The quantitative estimate of drug-likeness (QED) is 0.769. The molecule has 17 heavy (non-hydrogen) atoms. The van der Waals surface area contributed by atoms with E-state index in [-0.39, 0.29) is 10.9 Å². The van der Waals surface area contributed by atoms with E-state index in [0.717, 1.165) is 15.8 Å². The Balaban J connectivity index is 2.21. The van der Waals surface area contributed by atoms with Crippen LogP contribution in [-0.2, 0) is 9.47 Å². The predicted octanol–water partition coefficient (Wildman–Crippen LogP) is 3.31. The molecule has 3 nitrogen and oxygen atoms in total. The van der Waals surface area contributed by atoms with Crippen LogP contribution in [0.5, 0.6) is 5.75 Å². The lowest BCUT2D eigenvalue weighted by Crippen LogP contribution is -2.31. The van der Waals surface area contributed by atoms with Crippen molar-refractivity contribution in [1.82, 2.24) is 0 Å². The molecule has 0 N–H and O–H groups in total. The van der Waals surface area contributed by atoms with Crippen LogP contribution in [-0.4, -0.2) is 33.0 Å². The van der Waals surface area contributed by atoms with Crippen LogP contribution in [0.25, 0.3) is 0 Å². The van der Waals surface area contributed by atoms with Gasteiger partial charge in [-0.3, -0.25) is 0 Å². The highest BCUT2D eigenvalue weighted by atomic mass is 79.9. The minimum absolute atomic E-state index is 0.0203. The number of alkyl halides is 1. The number of rotatable bonds is 3. The van der Waals surface area contributed by atoms with Gasteiger partial charge < -0.3 is 14.2 Å². The summed E-state index contributed by atoms with van der Waals surface area (Å²) < 4.78 is 17.5. The Bertz CT molecular complexity index is 378. The summed E-state index contributed by atoms with van der Waals surface area (Å²) in [6.07, 6.45) is 0.0203. The summed E-state index contributed by atoms with van der Waals surface area (Å²) in [5.74, 6) is 0.851. The third kappa shape index (κ3) is 3.22. The van der Waals surface area contributed by atoms with Gasteiger partial charge in [-0.25, -0.2) is 0 Å². The fourth-order valence-electron chi connectivity index (χ4n) is 1.80. The van der Waals surface area contributed by atoms with Crippen LogP contribution in [0.2, 0.25) is 0 Å². The lowest BCUT2D eigenvalue weighted by molar-refractivity contribution is -0.0877. The van der Waals surface area contributed by atoms with E-state index >= 15 is 0 Å². The summed E-state index contributed by atoms with van der Waals surface area (Å²) in [5, 5.41) is 0. The number of benzene rings is 1. The van der Waals surface area contributed by atoms with Gasteiger partial charge >= 0.3 is 0 Å². The maximum atomic E-state index is 5.69. The van der Waals surface area contributed by atoms with Crippen molar-refractivity contribution < 1.29 is 14.2 Å². The number of hydrogen-bond donors (Lipinski definition) is 0. The third-order valence-corrected chi connectivity index (χ3v) is 4.23. The first-order valence-corrected chi connectivity index (χ1v) is 7.10. The highest BCUT2D eigenvalue weighted by Crippen LogP contribution is 2.37. The molecular weight excluding hydrogens is 352 g/mol. The Morgan fingerprint density at radius 3 is 2.88 bits per heavy atom. The van der Waals surface area contributed by atoms with Crippen LogP contribution in [0.4, 0.5) is 0 Å². The second-order valence-corrected chi connectivity index (χ2v) is 5.67. The Morgan fingerprint density at radius 1 is 1.41 bits per heavy atom. The van der Waals surface area contributed by atoms with Gasteiger partial charge in [0.15, 0.2) is 0 Å². The molecule has 0 bridgehead atoms. The second kappa shape index (κ2) is 6.18. The summed E-state index contributed by atoms with van der Waals surface area (Å²) >= 11 is 7.14. The zero-order valence-electron chi connectivity index (χ0n) is 9.49. The molecule has 0 aromatic heterocycles. The molecule has 0 saturated carbocycles. The van der Waals surface area contributed by atoms with Crippen molar-refractivity contribution in [2.75, 3.05) is 26.9 Å². The zero-order valence-corrected chi connectivity index (χ0v) is 12.7. The van der Waals surface area contributed by atoms with E-state index in [1.54, 1.807) is 7.11 Å². The molecule has 0 spiro atoms. The highest BCUT2D eigenvalue weighted by Gasteiger charge is 2.26. The van der Waals surface area contributed by atoms with E-state index in [1.807, 2.05) is 18.2 Å². The molecule has 1 aliphatic rings. The van der Waals surface area contributed by atoms with E-state index in [1.165, 1.54) is 0 Å². The lowest BCUT2D eigenvalue weighted by atomic mass is 10.1. The smallest absolute Gasteiger partial charge is 0.123 e. The summed E-state index contributed by atoms with van der Waals surface area (Å²) in [6.45, 7) is 1.92. The lowest BCUT2D eigenvalue weighted by Gasteiger charge is -2.28. The van der Waals surface area contributed by atoms with Gasteiger partial charge in [0.25, 0.3) is 0 Å². The first kappa shape index (κ1) is 13.3. The van der Waals surface area contributed by atoms with E-state index < -0.39 is 0 Å². The minimum Gasteiger partial charge on any atom is -0.496 e. The van der Waals surface area contributed by atoms with Gasteiger partial charge in [-0.15, -0.1) is 0 Å². The average molecular weight is 366 g/mol. The van der Waals surface area contributed by atoms with E-state index in [9.17, 15) is 0 Å². The summed E-state index contributed by atoms with van der Waals surface area (Å²) in [4.78, 5) is 0.0650. The summed E-state index contributed by atoms with van der Waals surface area (Å²) in [7, 11) is 1.67. The van der Waals surface area contributed by atoms with Gasteiger partial charge in [0, 0.05) is 10.0 Å². The average Bonchev–Trinajstić information content (AvgIpc) is 2.39. The molecule has 2 rings (SSSR count). The molecule has 1 aromatic carbocycles. The maximum absolute atomic E-state index is 5.69. The van der Waals surface area contributed by atoms with E-state index in [2.05, 4.69) is 31.9 Å². The van der Waals surface area contributed by atoms with E-state index in [4.69, 9.17) is 14.2 Å². The van der Waals surface area contributed by atoms with E-state index in [0.29, 0.717) is 19.8 Å². The third-order valence-electron chi connectivity index (χ3n) is 2.66. The van der Waals surface area contributed by atoms with Crippen molar-refractivity contribution in [3.63, 3.8) is 0 Å². The van der Waals surface area contributed by atoms with Gasteiger partial charge in [-0.05, 0) is 18.2 Å². The Hall–Kier alpha value is -0.100. The first-order chi connectivity index (χ1) is 8.22. The fraction of sp³-hybridized carbons (Fsp3) is 0.500. The normalized spacial score (nSPS) is 22.2. The molecule has 0 aliphatic carbocycles. The molecule has 1 aromatic rings. The number of ether oxygens (including phenoxy) is 3. The molecule has 0 radical (unpaired) electrons. The Labute approximate surface area is 118 Å².